The molecule has 0 aliphatic heterocycles. The van der Waals surface area contributed by atoms with Crippen LogP contribution >= 0.6 is 12.2 Å². The molecule has 0 bridgehead atoms. The van der Waals surface area contributed by atoms with Crippen molar-refractivity contribution in [1.82, 2.24) is 29.6 Å². The van der Waals surface area contributed by atoms with E-state index >= 15 is 0 Å². The van der Waals surface area contributed by atoms with Crippen molar-refractivity contribution in [3.05, 3.63) is 76.6 Å². The van der Waals surface area contributed by atoms with Crippen LogP contribution in [0.15, 0.2) is 60.0 Å². The van der Waals surface area contributed by atoms with Crippen LogP contribution in [0, 0.1) is 18.6 Å². The van der Waals surface area contributed by atoms with E-state index in [4.69, 9.17) is 12.2 Å². The molecule has 0 aliphatic carbocycles. The lowest BCUT2D eigenvalue weighted by molar-refractivity contribution is 0.833. The van der Waals surface area contributed by atoms with Gasteiger partial charge < -0.3 is 0 Å². The molecular weight excluding hydrogens is 358 g/mol. The average molecular weight is 375 g/mol. The number of pyridine rings is 1. The molecule has 27 heavy (non-hydrogen) atoms. The first kappa shape index (κ1) is 17.0. The van der Waals surface area contributed by atoms with Gasteiger partial charge >= 0.3 is 0 Å². The van der Waals surface area contributed by atoms with Crippen LogP contribution < -0.4 is 0 Å². The van der Waals surface area contributed by atoms with E-state index in [0.29, 0.717) is 10.6 Å². The van der Waals surface area contributed by atoms with Gasteiger partial charge in [0.05, 0.1) is 23.3 Å². The molecule has 0 amide bonds. The molecule has 0 atom stereocenters. The third-order valence-electron chi connectivity index (χ3n) is 4.22. The van der Waals surface area contributed by atoms with E-state index in [0.717, 1.165) is 28.2 Å². The van der Waals surface area contributed by atoms with Crippen LogP contribution in [-0.4, -0.2) is 35.9 Å². The van der Waals surface area contributed by atoms with Crippen molar-refractivity contribution < 1.29 is 0 Å². The highest BCUT2D eigenvalue weighted by molar-refractivity contribution is 7.71. The number of hydrogen-bond acceptors (Lipinski definition) is 5. The molecule has 1 N–H and O–H groups in total. The van der Waals surface area contributed by atoms with Gasteiger partial charge in [-0.1, -0.05) is 18.2 Å². The second kappa shape index (κ2) is 7.08. The smallest absolute Gasteiger partial charge is 0.216 e. The Kier molecular flexibility index (Phi) is 4.47. The van der Waals surface area contributed by atoms with Gasteiger partial charge in [0.25, 0.3) is 0 Å². The molecule has 0 saturated heterocycles. The summed E-state index contributed by atoms with van der Waals surface area (Å²) in [7, 11) is 0. The number of aryl methyl sites for hydroxylation is 1. The molecule has 8 heteroatoms. The monoisotopic (exact) mass is 375 g/mol. The maximum atomic E-state index is 5.33. The molecule has 134 valence electrons. The summed E-state index contributed by atoms with van der Waals surface area (Å²) in [5, 5.41) is 16.2. The lowest BCUT2D eigenvalue weighted by atomic mass is 10.2. The normalized spacial score (nSPS) is 11.3. The van der Waals surface area contributed by atoms with E-state index in [1.807, 2.05) is 61.0 Å². The molecule has 0 unspecified atom stereocenters. The SMILES string of the molecule is Cc1nn(-c2ccccc2)c(C)c1/C=N/n1c(-c2cccnc2)n[nH]c1=S. The molecule has 7 nitrogen and oxygen atoms in total. The Labute approximate surface area is 161 Å². The Morgan fingerprint density at radius 2 is 1.93 bits per heavy atom. The zero-order valence-electron chi connectivity index (χ0n) is 14.9. The lowest BCUT2D eigenvalue weighted by Crippen LogP contribution is -1.99. The standard InChI is InChI=1S/C19H17N7S/c1-13-17(14(2)25(24-13)16-8-4-3-5-9-16)12-21-26-18(22-23-19(26)27)15-7-6-10-20-11-15/h3-12H,1-2H3,(H,23,27)/b21-12+. The van der Waals surface area contributed by atoms with Crippen molar-refractivity contribution >= 4 is 18.4 Å². The molecule has 0 saturated carbocycles. The Balaban J connectivity index is 1.74. The first-order chi connectivity index (χ1) is 13.1. The number of nitrogens with one attached hydrogen (secondary N) is 1. The number of benzene rings is 1. The van der Waals surface area contributed by atoms with Crippen LogP contribution in [0.4, 0.5) is 0 Å². The van der Waals surface area contributed by atoms with Gasteiger partial charge in [-0.15, -0.1) is 0 Å². The molecule has 1 aromatic carbocycles. The molecule has 0 aliphatic rings. The van der Waals surface area contributed by atoms with Crippen molar-refractivity contribution in [3.63, 3.8) is 0 Å². The second-order valence-corrected chi connectivity index (χ2v) is 6.37. The summed E-state index contributed by atoms with van der Waals surface area (Å²) >= 11 is 5.33. The van der Waals surface area contributed by atoms with Crippen LogP contribution in [0.5, 0.6) is 0 Å². The fourth-order valence-electron chi connectivity index (χ4n) is 2.86. The first-order valence-corrected chi connectivity index (χ1v) is 8.80. The zero-order valence-corrected chi connectivity index (χ0v) is 15.7. The van der Waals surface area contributed by atoms with E-state index in [-0.39, 0.29) is 0 Å². The van der Waals surface area contributed by atoms with E-state index in [1.54, 1.807) is 23.3 Å². The highest BCUT2D eigenvalue weighted by atomic mass is 32.1. The summed E-state index contributed by atoms with van der Waals surface area (Å²) in [6.07, 6.45) is 5.20. The Bertz CT molecular complexity index is 1150. The maximum Gasteiger partial charge on any atom is 0.216 e. The fourth-order valence-corrected chi connectivity index (χ4v) is 3.04. The van der Waals surface area contributed by atoms with E-state index < -0.39 is 0 Å². The topological polar surface area (TPSA) is 76.7 Å². The predicted octanol–water partition coefficient (Wildman–Crippen LogP) is 3.69. The summed E-state index contributed by atoms with van der Waals surface area (Å²) in [6, 6.07) is 13.8. The highest BCUT2D eigenvalue weighted by Gasteiger charge is 2.12. The van der Waals surface area contributed by atoms with Gasteiger partial charge in [0.15, 0.2) is 5.82 Å². The Hall–Kier alpha value is -3.39. The minimum atomic E-state index is 0.413. The van der Waals surface area contributed by atoms with Crippen molar-refractivity contribution in [2.75, 3.05) is 0 Å². The molecule has 3 heterocycles. The predicted molar refractivity (Wildman–Crippen MR) is 107 cm³/mol. The van der Waals surface area contributed by atoms with Crippen LogP contribution in [0.3, 0.4) is 0 Å². The highest BCUT2D eigenvalue weighted by Crippen LogP contribution is 2.18. The van der Waals surface area contributed by atoms with Gasteiger partial charge in [-0.25, -0.2) is 9.78 Å². The van der Waals surface area contributed by atoms with Gasteiger partial charge in [0.1, 0.15) is 0 Å². The second-order valence-electron chi connectivity index (χ2n) is 5.98. The summed E-state index contributed by atoms with van der Waals surface area (Å²) in [5.41, 5.74) is 4.67. The number of aromatic amines is 1. The van der Waals surface area contributed by atoms with Gasteiger partial charge in [-0.3, -0.25) is 4.98 Å². The quantitative estimate of drug-likeness (QED) is 0.436. The number of para-hydroxylation sites is 1. The Morgan fingerprint density at radius 1 is 1.11 bits per heavy atom. The van der Waals surface area contributed by atoms with Crippen molar-refractivity contribution in [2.45, 2.75) is 13.8 Å². The molecule has 3 aromatic heterocycles. The number of H-pyrrole nitrogens is 1. The van der Waals surface area contributed by atoms with Crippen molar-refractivity contribution in [3.8, 4) is 17.1 Å². The molecule has 4 rings (SSSR count). The third kappa shape index (κ3) is 3.22. The van der Waals surface area contributed by atoms with Crippen LogP contribution in [0.1, 0.15) is 17.0 Å². The largest absolute Gasteiger partial charge is 0.264 e. The van der Waals surface area contributed by atoms with Crippen molar-refractivity contribution in [2.24, 2.45) is 5.10 Å². The van der Waals surface area contributed by atoms with E-state index in [2.05, 4.69) is 25.4 Å². The summed E-state index contributed by atoms with van der Waals surface area (Å²) < 4.78 is 3.91. The lowest BCUT2D eigenvalue weighted by Gasteiger charge is -2.03. The fraction of sp³-hybridized carbons (Fsp3) is 0.105. The Morgan fingerprint density at radius 3 is 2.67 bits per heavy atom. The first-order valence-electron chi connectivity index (χ1n) is 8.39. The molecule has 4 aromatic rings. The van der Waals surface area contributed by atoms with Gasteiger partial charge in [0.2, 0.25) is 4.77 Å². The van der Waals surface area contributed by atoms with Gasteiger partial charge in [-0.2, -0.15) is 20.0 Å². The number of nitrogens with zero attached hydrogens (tertiary/aromatic N) is 6. The number of rotatable bonds is 4. The summed E-state index contributed by atoms with van der Waals surface area (Å²) in [5.74, 6) is 0.607. The average Bonchev–Trinajstić information content (AvgIpc) is 3.21. The molecule has 0 radical (unpaired) electrons. The van der Waals surface area contributed by atoms with E-state index in [9.17, 15) is 0 Å². The number of hydrogen-bond donors (Lipinski definition) is 1. The minimum Gasteiger partial charge on any atom is -0.264 e. The van der Waals surface area contributed by atoms with Crippen molar-refractivity contribution in [1.29, 1.82) is 0 Å². The van der Waals surface area contributed by atoms with Crippen LogP contribution in [0.2, 0.25) is 0 Å². The summed E-state index contributed by atoms with van der Waals surface area (Å²) in [4.78, 5) is 4.13. The molecular formula is C19H17N7S. The minimum absolute atomic E-state index is 0.413. The van der Waals surface area contributed by atoms with Crippen LogP contribution in [-0.2, 0) is 0 Å². The van der Waals surface area contributed by atoms with Crippen LogP contribution in [0.25, 0.3) is 17.1 Å². The van der Waals surface area contributed by atoms with Gasteiger partial charge in [-0.05, 0) is 50.3 Å². The molecule has 0 fully saturated rings. The van der Waals surface area contributed by atoms with E-state index in [1.165, 1.54) is 0 Å². The van der Waals surface area contributed by atoms with Gasteiger partial charge in [0, 0.05) is 23.5 Å². The number of aromatic nitrogens is 6. The zero-order chi connectivity index (χ0) is 18.8. The summed E-state index contributed by atoms with van der Waals surface area (Å²) in [6.45, 7) is 3.98. The third-order valence-corrected chi connectivity index (χ3v) is 4.48. The maximum absolute atomic E-state index is 5.33. The molecule has 0 spiro atoms.